The topological polar surface area (TPSA) is 83.5 Å². The van der Waals surface area contributed by atoms with Crippen LogP contribution < -0.4 is 10.2 Å². The molecule has 1 fully saturated rings. The molecule has 0 radical (unpaired) electrons. The van der Waals surface area contributed by atoms with Gasteiger partial charge in [-0.1, -0.05) is 12.1 Å². The number of anilines is 3. The predicted octanol–water partition coefficient (Wildman–Crippen LogP) is 3.37. The summed E-state index contributed by atoms with van der Waals surface area (Å²) in [4.78, 5) is 20.3. The quantitative estimate of drug-likeness (QED) is 0.817. The summed E-state index contributed by atoms with van der Waals surface area (Å²) in [6.07, 6.45) is 3.09. The smallest absolute Gasteiger partial charge is 0.409 e. The van der Waals surface area contributed by atoms with Crippen molar-refractivity contribution in [3.05, 3.63) is 36.0 Å². The fourth-order valence-corrected chi connectivity index (χ4v) is 3.36. The number of piperidine rings is 1. The molecule has 0 bridgehead atoms. The molecule has 8 nitrogen and oxygen atoms in total. The number of carbonyl (C=O) groups is 1. The van der Waals surface area contributed by atoms with Crippen LogP contribution in [0.4, 0.5) is 22.2 Å². The van der Waals surface area contributed by atoms with Gasteiger partial charge in [0, 0.05) is 31.4 Å². The van der Waals surface area contributed by atoms with Crippen molar-refractivity contribution in [2.75, 3.05) is 36.5 Å². The summed E-state index contributed by atoms with van der Waals surface area (Å²) in [6, 6.07) is 8.52. The minimum absolute atomic E-state index is 0.205. The number of aryl methyl sites for hydroxylation is 1. The fraction of sp³-hybridized carbons (Fsp3) is 0.500. The summed E-state index contributed by atoms with van der Waals surface area (Å²) in [5, 5.41) is 11.6. The molecule has 0 spiro atoms. The van der Waals surface area contributed by atoms with E-state index in [0.717, 1.165) is 30.9 Å². The molecule has 8 heteroatoms. The lowest BCUT2D eigenvalue weighted by atomic mass is 10.1. The Balaban J connectivity index is 1.64. The van der Waals surface area contributed by atoms with Crippen LogP contribution in [0.1, 0.15) is 32.3 Å². The summed E-state index contributed by atoms with van der Waals surface area (Å²) >= 11 is 0. The van der Waals surface area contributed by atoms with Gasteiger partial charge in [-0.2, -0.15) is 10.1 Å². The van der Waals surface area contributed by atoms with Gasteiger partial charge in [0.2, 0.25) is 5.95 Å². The molecule has 1 N–H and O–H groups in total. The van der Waals surface area contributed by atoms with Crippen LogP contribution in [0.3, 0.4) is 0 Å². The Morgan fingerprint density at radius 1 is 1.32 bits per heavy atom. The molecule has 28 heavy (non-hydrogen) atoms. The summed E-state index contributed by atoms with van der Waals surface area (Å²) in [6.45, 7) is 8.48. The van der Waals surface area contributed by atoms with Gasteiger partial charge in [0.15, 0.2) is 5.82 Å². The number of hydrogen-bond acceptors (Lipinski definition) is 7. The maximum absolute atomic E-state index is 11.8. The van der Waals surface area contributed by atoms with Crippen LogP contribution in [0, 0.1) is 6.92 Å². The lowest BCUT2D eigenvalue weighted by molar-refractivity contribution is 0.0983. The maximum Gasteiger partial charge on any atom is 0.409 e. The Bertz CT molecular complexity index is 792. The number of amides is 1. The van der Waals surface area contributed by atoms with E-state index in [4.69, 9.17) is 4.74 Å². The molecule has 1 aliphatic heterocycles. The van der Waals surface area contributed by atoms with Gasteiger partial charge in [-0.05, 0) is 51.3 Å². The Kier molecular flexibility index (Phi) is 6.62. The van der Waals surface area contributed by atoms with Gasteiger partial charge in [0.1, 0.15) is 0 Å². The van der Waals surface area contributed by atoms with E-state index in [0.29, 0.717) is 25.6 Å². The van der Waals surface area contributed by atoms with Crippen LogP contribution in [-0.4, -0.2) is 58.5 Å². The second-order valence-electron chi connectivity index (χ2n) is 6.83. The molecule has 0 atom stereocenters. The second-order valence-corrected chi connectivity index (χ2v) is 6.83. The Morgan fingerprint density at radius 3 is 2.79 bits per heavy atom. The monoisotopic (exact) mass is 384 g/mol. The summed E-state index contributed by atoms with van der Waals surface area (Å²) in [7, 11) is 0. The molecule has 0 aliphatic carbocycles. The number of rotatable bonds is 6. The molecule has 1 aromatic carbocycles. The van der Waals surface area contributed by atoms with Gasteiger partial charge in [0.05, 0.1) is 12.8 Å². The molecule has 1 aromatic heterocycles. The van der Waals surface area contributed by atoms with Gasteiger partial charge < -0.3 is 19.9 Å². The van der Waals surface area contributed by atoms with E-state index in [2.05, 4.69) is 57.4 Å². The van der Waals surface area contributed by atoms with Crippen LogP contribution in [0.5, 0.6) is 0 Å². The van der Waals surface area contributed by atoms with Crippen molar-refractivity contribution in [1.29, 1.82) is 0 Å². The second kappa shape index (κ2) is 9.34. The van der Waals surface area contributed by atoms with E-state index >= 15 is 0 Å². The first-order valence-electron chi connectivity index (χ1n) is 9.82. The molecule has 0 saturated carbocycles. The molecule has 2 heterocycles. The Morgan fingerprint density at radius 2 is 2.11 bits per heavy atom. The summed E-state index contributed by atoms with van der Waals surface area (Å²) in [5.41, 5.74) is 2.28. The van der Waals surface area contributed by atoms with Crippen molar-refractivity contribution in [2.45, 2.75) is 39.7 Å². The zero-order valence-corrected chi connectivity index (χ0v) is 16.8. The van der Waals surface area contributed by atoms with E-state index in [-0.39, 0.29) is 12.1 Å². The lowest BCUT2D eigenvalue weighted by Gasteiger charge is -2.31. The third-order valence-corrected chi connectivity index (χ3v) is 4.81. The number of ether oxygens (including phenoxy) is 1. The molecule has 150 valence electrons. The highest BCUT2D eigenvalue weighted by atomic mass is 16.6. The fourth-order valence-electron chi connectivity index (χ4n) is 3.36. The molecule has 2 aromatic rings. The lowest BCUT2D eigenvalue weighted by Crippen LogP contribution is -2.42. The molecule has 1 amide bonds. The van der Waals surface area contributed by atoms with E-state index < -0.39 is 0 Å². The highest BCUT2D eigenvalue weighted by molar-refractivity contribution is 5.67. The maximum atomic E-state index is 11.8. The third-order valence-electron chi connectivity index (χ3n) is 4.81. The molecule has 3 rings (SSSR count). The molecule has 1 saturated heterocycles. The third kappa shape index (κ3) is 4.88. The number of aromatic nitrogens is 3. The number of benzene rings is 1. The SMILES string of the molecule is CCOC(=O)N1CCC(Nc2nncc(N(CC)c3cccc(C)c3)n2)CC1. The first kappa shape index (κ1) is 19.9. The summed E-state index contributed by atoms with van der Waals surface area (Å²) in [5.74, 6) is 1.27. The van der Waals surface area contributed by atoms with Gasteiger partial charge in [-0.25, -0.2) is 4.79 Å². The van der Waals surface area contributed by atoms with Crippen molar-refractivity contribution in [1.82, 2.24) is 20.1 Å². The van der Waals surface area contributed by atoms with E-state index in [1.807, 2.05) is 13.0 Å². The first-order chi connectivity index (χ1) is 13.6. The molecule has 0 unspecified atom stereocenters. The number of hydrogen-bond donors (Lipinski definition) is 1. The highest BCUT2D eigenvalue weighted by Crippen LogP contribution is 2.24. The van der Waals surface area contributed by atoms with E-state index in [1.165, 1.54) is 5.56 Å². The zero-order chi connectivity index (χ0) is 19.9. The Labute approximate surface area is 165 Å². The molecule has 1 aliphatic rings. The molecular weight excluding hydrogens is 356 g/mol. The van der Waals surface area contributed by atoms with Gasteiger partial charge in [-0.15, -0.1) is 5.10 Å². The first-order valence-corrected chi connectivity index (χ1v) is 9.82. The minimum Gasteiger partial charge on any atom is -0.450 e. The van der Waals surface area contributed by atoms with Crippen LogP contribution in [-0.2, 0) is 4.74 Å². The van der Waals surface area contributed by atoms with Gasteiger partial charge in [-0.3, -0.25) is 0 Å². The Hall–Kier alpha value is -2.90. The van der Waals surface area contributed by atoms with Gasteiger partial charge in [0.25, 0.3) is 0 Å². The van der Waals surface area contributed by atoms with Crippen molar-refractivity contribution in [2.24, 2.45) is 0 Å². The number of likely N-dealkylation sites (tertiary alicyclic amines) is 1. The highest BCUT2D eigenvalue weighted by Gasteiger charge is 2.24. The minimum atomic E-state index is -0.238. The van der Waals surface area contributed by atoms with Crippen LogP contribution in [0.25, 0.3) is 0 Å². The van der Waals surface area contributed by atoms with Crippen molar-refractivity contribution < 1.29 is 9.53 Å². The van der Waals surface area contributed by atoms with Crippen LogP contribution in [0.2, 0.25) is 0 Å². The average Bonchev–Trinajstić information content (AvgIpc) is 2.70. The summed E-state index contributed by atoms with van der Waals surface area (Å²) < 4.78 is 5.07. The number of nitrogens with zero attached hydrogens (tertiary/aromatic N) is 5. The average molecular weight is 384 g/mol. The van der Waals surface area contributed by atoms with Crippen molar-refractivity contribution in [3.63, 3.8) is 0 Å². The van der Waals surface area contributed by atoms with Gasteiger partial charge >= 0.3 is 6.09 Å². The number of carbonyl (C=O) groups excluding carboxylic acids is 1. The van der Waals surface area contributed by atoms with Crippen molar-refractivity contribution in [3.8, 4) is 0 Å². The van der Waals surface area contributed by atoms with E-state index in [9.17, 15) is 4.79 Å². The number of nitrogens with one attached hydrogen (secondary N) is 1. The van der Waals surface area contributed by atoms with E-state index in [1.54, 1.807) is 11.1 Å². The van der Waals surface area contributed by atoms with Crippen molar-refractivity contribution >= 4 is 23.5 Å². The largest absolute Gasteiger partial charge is 0.450 e. The van der Waals surface area contributed by atoms with Crippen LogP contribution >= 0.6 is 0 Å². The standard InChI is InChI=1S/C20H28N6O2/c1-4-26(17-8-6-7-15(3)13-17)18-14-21-24-19(23-18)22-16-9-11-25(12-10-16)20(27)28-5-2/h6-8,13-14,16H,4-5,9-12H2,1-3H3,(H,22,23,24). The molecular formula is C20H28N6O2. The normalized spacial score (nSPS) is 14.6. The predicted molar refractivity (Wildman–Crippen MR) is 109 cm³/mol. The zero-order valence-electron chi connectivity index (χ0n) is 16.8. The van der Waals surface area contributed by atoms with Crippen LogP contribution in [0.15, 0.2) is 30.5 Å².